The molecule has 1 amide bonds. The standard InChI is InChI=1S/C24H26FN5O3/c1-14-13-33-23-20-15(11-17(25)21(23)29-9-7-28(2)8-10-29)22(31)16(12-30(14)20)24(32)27-19-6-4-3-5-18(19)26/h3-6,11-12,14H,7-10,13,26H2,1-2H3,(H,27,32)/t14-/m1/s1. The van der Waals surface area contributed by atoms with Crippen molar-refractivity contribution in [1.29, 1.82) is 0 Å². The number of rotatable bonds is 3. The van der Waals surface area contributed by atoms with E-state index >= 15 is 4.39 Å². The van der Waals surface area contributed by atoms with Crippen molar-refractivity contribution in [1.82, 2.24) is 9.47 Å². The second-order valence-corrected chi connectivity index (χ2v) is 8.70. The molecule has 1 fully saturated rings. The summed E-state index contributed by atoms with van der Waals surface area (Å²) in [5.74, 6) is -0.749. The molecule has 0 aliphatic carbocycles. The lowest BCUT2D eigenvalue weighted by Crippen LogP contribution is -2.45. The van der Waals surface area contributed by atoms with Gasteiger partial charge in [0, 0.05) is 32.4 Å². The first-order valence-corrected chi connectivity index (χ1v) is 11.0. The number of nitrogens with zero attached hydrogens (tertiary/aromatic N) is 3. The van der Waals surface area contributed by atoms with Gasteiger partial charge in [-0.05, 0) is 32.2 Å². The van der Waals surface area contributed by atoms with Crippen LogP contribution in [0.2, 0.25) is 0 Å². The van der Waals surface area contributed by atoms with E-state index in [0.29, 0.717) is 48.0 Å². The number of nitrogen functional groups attached to an aromatic ring is 1. The average Bonchev–Trinajstić information content (AvgIpc) is 2.79. The highest BCUT2D eigenvalue weighted by atomic mass is 19.1. The molecule has 2 aliphatic rings. The average molecular weight is 452 g/mol. The Morgan fingerprint density at radius 1 is 1.21 bits per heavy atom. The van der Waals surface area contributed by atoms with Crippen LogP contribution in [0.15, 0.2) is 41.3 Å². The Labute approximate surface area is 190 Å². The fourth-order valence-electron chi connectivity index (χ4n) is 4.50. The van der Waals surface area contributed by atoms with Crippen molar-refractivity contribution >= 4 is 33.9 Å². The lowest BCUT2D eigenvalue weighted by molar-refractivity contribution is 0.102. The lowest BCUT2D eigenvalue weighted by atomic mass is 10.0. The molecule has 1 aromatic heterocycles. The maximum atomic E-state index is 15.4. The molecule has 2 aromatic carbocycles. The minimum absolute atomic E-state index is 0.0720. The predicted octanol–water partition coefficient (Wildman–Crippen LogP) is 2.68. The van der Waals surface area contributed by atoms with Gasteiger partial charge in [-0.3, -0.25) is 9.59 Å². The van der Waals surface area contributed by atoms with Gasteiger partial charge in [0.1, 0.15) is 17.9 Å². The molecule has 9 heteroatoms. The summed E-state index contributed by atoms with van der Waals surface area (Å²) in [5, 5.41) is 2.82. The molecule has 33 heavy (non-hydrogen) atoms. The number of amides is 1. The van der Waals surface area contributed by atoms with E-state index in [0.717, 1.165) is 13.1 Å². The van der Waals surface area contributed by atoms with Gasteiger partial charge in [0.25, 0.3) is 5.91 Å². The molecule has 3 heterocycles. The number of carbonyl (C=O) groups is 1. The Bertz CT molecular complexity index is 1310. The van der Waals surface area contributed by atoms with Gasteiger partial charge in [-0.2, -0.15) is 0 Å². The molecular formula is C24H26FN5O3. The number of carbonyl (C=O) groups excluding carboxylic acids is 1. The molecule has 0 spiro atoms. The van der Waals surface area contributed by atoms with Crippen molar-refractivity contribution in [3.8, 4) is 5.75 Å². The van der Waals surface area contributed by atoms with Gasteiger partial charge in [-0.25, -0.2) is 4.39 Å². The highest BCUT2D eigenvalue weighted by Gasteiger charge is 2.31. The first kappa shape index (κ1) is 21.3. The van der Waals surface area contributed by atoms with Crippen LogP contribution < -0.4 is 26.1 Å². The van der Waals surface area contributed by atoms with Crippen molar-refractivity contribution in [2.75, 3.05) is 55.8 Å². The quantitative estimate of drug-likeness (QED) is 0.595. The molecule has 3 N–H and O–H groups in total. The van der Waals surface area contributed by atoms with Crippen molar-refractivity contribution in [2.45, 2.75) is 13.0 Å². The van der Waals surface area contributed by atoms with Crippen molar-refractivity contribution in [2.24, 2.45) is 0 Å². The van der Waals surface area contributed by atoms with Crippen LogP contribution in [0.3, 0.4) is 0 Å². The topological polar surface area (TPSA) is 92.8 Å². The van der Waals surface area contributed by atoms with E-state index in [4.69, 9.17) is 10.5 Å². The third-order valence-corrected chi connectivity index (χ3v) is 6.42. The number of hydrogen-bond acceptors (Lipinski definition) is 6. The van der Waals surface area contributed by atoms with Crippen molar-refractivity contribution in [3.63, 3.8) is 0 Å². The van der Waals surface area contributed by atoms with Gasteiger partial charge < -0.3 is 30.2 Å². The number of pyridine rings is 1. The zero-order valence-corrected chi connectivity index (χ0v) is 18.6. The van der Waals surface area contributed by atoms with Crippen LogP contribution in [-0.4, -0.2) is 55.2 Å². The molecule has 8 nitrogen and oxygen atoms in total. The normalized spacial score (nSPS) is 18.3. The van der Waals surface area contributed by atoms with Gasteiger partial charge >= 0.3 is 0 Å². The zero-order valence-electron chi connectivity index (χ0n) is 18.6. The summed E-state index contributed by atoms with van der Waals surface area (Å²) in [4.78, 5) is 30.5. The Morgan fingerprint density at radius 2 is 1.94 bits per heavy atom. The monoisotopic (exact) mass is 451 g/mol. The number of nitrogens with two attached hydrogens (primary N) is 1. The largest absolute Gasteiger partial charge is 0.487 e. The third-order valence-electron chi connectivity index (χ3n) is 6.42. The fraction of sp³-hybridized carbons (Fsp3) is 0.333. The van der Waals surface area contributed by atoms with Crippen LogP contribution >= 0.6 is 0 Å². The second kappa shape index (κ2) is 8.08. The van der Waals surface area contributed by atoms with Gasteiger partial charge in [0.05, 0.1) is 28.3 Å². The number of nitrogens with one attached hydrogen (secondary N) is 1. The molecule has 172 valence electrons. The third kappa shape index (κ3) is 3.58. The highest BCUT2D eigenvalue weighted by molar-refractivity contribution is 6.07. The van der Waals surface area contributed by atoms with Crippen LogP contribution in [0, 0.1) is 5.82 Å². The Balaban J connectivity index is 1.65. The smallest absolute Gasteiger partial charge is 0.261 e. The lowest BCUT2D eigenvalue weighted by Gasteiger charge is -2.37. The number of aromatic nitrogens is 1. The molecule has 1 saturated heterocycles. The van der Waals surface area contributed by atoms with Crippen LogP contribution in [-0.2, 0) is 0 Å². The first-order chi connectivity index (χ1) is 15.8. The van der Waals surface area contributed by atoms with E-state index in [-0.39, 0.29) is 17.0 Å². The number of piperazine rings is 1. The van der Waals surface area contributed by atoms with Crippen LogP contribution in [0.1, 0.15) is 23.3 Å². The number of benzene rings is 2. The Kier molecular flexibility index (Phi) is 5.20. The highest BCUT2D eigenvalue weighted by Crippen LogP contribution is 2.42. The minimum atomic E-state index is -0.590. The maximum absolute atomic E-state index is 15.4. The molecule has 5 rings (SSSR count). The number of hydrogen-bond donors (Lipinski definition) is 2. The van der Waals surface area contributed by atoms with Crippen LogP contribution in [0.4, 0.5) is 21.5 Å². The van der Waals surface area contributed by atoms with E-state index in [1.54, 1.807) is 30.5 Å². The van der Waals surface area contributed by atoms with E-state index < -0.39 is 17.2 Å². The van der Waals surface area contributed by atoms with E-state index in [1.165, 1.54) is 6.07 Å². The number of anilines is 3. The molecule has 0 unspecified atom stereocenters. The number of ether oxygens (including phenoxy) is 1. The Morgan fingerprint density at radius 3 is 2.67 bits per heavy atom. The minimum Gasteiger partial charge on any atom is -0.487 e. The summed E-state index contributed by atoms with van der Waals surface area (Å²) in [7, 11) is 2.03. The summed E-state index contributed by atoms with van der Waals surface area (Å²) in [6.07, 6.45) is 1.54. The molecule has 0 radical (unpaired) electrons. The number of para-hydroxylation sites is 2. The van der Waals surface area contributed by atoms with Crippen LogP contribution in [0.25, 0.3) is 10.9 Å². The molecule has 1 atom stereocenters. The van der Waals surface area contributed by atoms with Crippen molar-refractivity contribution < 1.29 is 13.9 Å². The molecule has 3 aromatic rings. The summed E-state index contributed by atoms with van der Waals surface area (Å²) >= 11 is 0. The number of halogens is 1. The second-order valence-electron chi connectivity index (χ2n) is 8.70. The molecule has 2 aliphatic heterocycles. The van der Waals surface area contributed by atoms with Crippen LogP contribution in [0.5, 0.6) is 5.75 Å². The fourth-order valence-corrected chi connectivity index (χ4v) is 4.50. The zero-order chi connectivity index (χ0) is 23.3. The SMILES string of the molecule is C[C@@H]1COc2c(N3CCN(C)CC3)c(F)cc3c(=O)c(C(=O)Nc4ccccc4N)cn1c23. The van der Waals surface area contributed by atoms with Gasteiger partial charge in [-0.1, -0.05) is 12.1 Å². The summed E-state index contributed by atoms with van der Waals surface area (Å²) in [6, 6.07) is 7.91. The number of likely N-dealkylation sites (N-methyl/N-ethyl adjacent to an activating group) is 1. The molecule has 0 saturated carbocycles. The van der Waals surface area contributed by atoms with E-state index in [9.17, 15) is 9.59 Å². The van der Waals surface area contributed by atoms with Gasteiger partial charge in [0.15, 0.2) is 11.6 Å². The maximum Gasteiger partial charge on any atom is 0.261 e. The Hall–Kier alpha value is -3.59. The summed E-state index contributed by atoms with van der Waals surface area (Å²) in [6.45, 7) is 5.18. The summed E-state index contributed by atoms with van der Waals surface area (Å²) < 4.78 is 23.3. The molecule has 0 bridgehead atoms. The van der Waals surface area contributed by atoms with E-state index in [1.807, 2.05) is 23.4 Å². The summed E-state index contributed by atoms with van der Waals surface area (Å²) in [5.41, 5.74) is 7.01. The molecular weight excluding hydrogens is 425 g/mol. The van der Waals surface area contributed by atoms with Gasteiger partial charge in [-0.15, -0.1) is 0 Å². The van der Waals surface area contributed by atoms with E-state index in [2.05, 4.69) is 10.2 Å². The first-order valence-electron chi connectivity index (χ1n) is 11.0. The van der Waals surface area contributed by atoms with Gasteiger partial charge in [0.2, 0.25) is 5.43 Å². The van der Waals surface area contributed by atoms with Crippen molar-refractivity contribution in [3.05, 3.63) is 58.1 Å². The predicted molar refractivity (Wildman–Crippen MR) is 127 cm³/mol.